The zero-order valence-electron chi connectivity index (χ0n) is 16.9. The van der Waals surface area contributed by atoms with Gasteiger partial charge in [0.2, 0.25) is 0 Å². The van der Waals surface area contributed by atoms with Crippen molar-refractivity contribution in [3.05, 3.63) is 29.8 Å². The zero-order chi connectivity index (χ0) is 20.4. The van der Waals surface area contributed by atoms with E-state index in [1.54, 1.807) is 31.2 Å². The molecule has 0 aliphatic heterocycles. The molecule has 6 heteroatoms. The third kappa shape index (κ3) is 4.46. The fourth-order valence-corrected chi connectivity index (χ4v) is 6.18. The lowest BCUT2D eigenvalue weighted by molar-refractivity contribution is -0.154. The summed E-state index contributed by atoms with van der Waals surface area (Å²) in [6, 6.07) is 6.64. The number of anilines is 1. The first-order valence-corrected chi connectivity index (χ1v) is 10.7. The molecule has 1 amide bonds. The fourth-order valence-electron chi connectivity index (χ4n) is 6.18. The molecule has 4 aliphatic carbocycles. The molecule has 0 radical (unpaired) electrons. The minimum atomic E-state index is -0.498. The van der Waals surface area contributed by atoms with Gasteiger partial charge in [0.25, 0.3) is 5.91 Å². The van der Waals surface area contributed by atoms with Crippen LogP contribution in [0, 0.1) is 23.2 Å². The summed E-state index contributed by atoms with van der Waals surface area (Å²) in [6.07, 6.45) is 7.81. The summed E-state index contributed by atoms with van der Waals surface area (Å²) in [5.74, 6) is 1.08. The highest BCUT2D eigenvalue weighted by Crippen LogP contribution is 2.61. The molecule has 6 nitrogen and oxygen atoms in total. The quantitative estimate of drug-likeness (QED) is 0.702. The van der Waals surface area contributed by atoms with Crippen LogP contribution in [-0.4, -0.2) is 31.1 Å². The Bertz CT molecular complexity index is 767. The van der Waals surface area contributed by atoms with E-state index in [-0.39, 0.29) is 30.2 Å². The molecule has 5 rings (SSSR count). The molecule has 156 valence electrons. The summed E-state index contributed by atoms with van der Waals surface area (Å²) in [4.78, 5) is 36.7. The van der Waals surface area contributed by atoms with Gasteiger partial charge in [0.15, 0.2) is 6.61 Å². The molecular formula is C23H29NO5. The second-order valence-electron chi connectivity index (χ2n) is 9.07. The largest absolute Gasteiger partial charge is 0.462 e. The van der Waals surface area contributed by atoms with Crippen LogP contribution in [0.2, 0.25) is 0 Å². The van der Waals surface area contributed by atoms with Crippen molar-refractivity contribution in [1.29, 1.82) is 0 Å². The molecule has 0 saturated heterocycles. The van der Waals surface area contributed by atoms with Crippen molar-refractivity contribution in [2.75, 3.05) is 18.5 Å². The van der Waals surface area contributed by atoms with Crippen LogP contribution >= 0.6 is 0 Å². The molecular weight excluding hydrogens is 370 g/mol. The van der Waals surface area contributed by atoms with Crippen molar-refractivity contribution in [3.8, 4) is 0 Å². The van der Waals surface area contributed by atoms with Gasteiger partial charge in [-0.2, -0.15) is 0 Å². The van der Waals surface area contributed by atoms with Crippen molar-refractivity contribution >= 4 is 23.5 Å². The molecule has 0 heterocycles. The molecule has 0 aromatic heterocycles. The number of para-hydroxylation sites is 1. The number of ether oxygens (including phenoxy) is 2. The molecule has 4 bridgehead atoms. The van der Waals surface area contributed by atoms with Crippen LogP contribution in [0.15, 0.2) is 24.3 Å². The minimum Gasteiger partial charge on any atom is -0.462 e. The van der Waals surface area contributed by atoms with Crippen LogP contribution in [0.5, 0.6) is 0 Å². The Hall–Kier alpha value is -2.37. The molecule has 1 aromatic carbocycles. The first kappa shape index (κ1) is 19.9. The van der Waals surface area contributed by atoms with E-state index in [9.17, 15) is 14.4 Å². The first-order chi connectivity index (χ1) is 14.0. The molecule has 0 atom stereocenters. The lowest BCUT2D eigenvalue weighted by Crippen LogP contribution is -2.47. The van der Waals surface area contributed by atoms with Crippen LogP contribution in [0.4, 0.5) is 5.69 Å². The number of amides is 1. The Morgan fingerprint density at radius 2 is 1.62 bits per heavy atom. The number of carbonyl (C=O) groups excluding carboxylic acids is 3. The maximum atomic E-state index is 12.5. The third-order valence-electron chi connectivity index (χ3n) is 6.75. The van der Waals surface area contributed by atoms with Gasteiger partial charge in [-0.1, -0.05) is 12.1 Å². The number of rotatable bonds is 7. The normalized spacial score (nSPS) is 29.3. The Balaban J connectivity index is 1.29. The standard InChI is InChI=1S/C23H29NO5/c1-2-28-22(27)18-5-3-4-6-19(18)24-20(25)14-29-21(26)13-23-10-15-7-16(11-23)9-17(8-15)12-23/h3-6,15-17H,2,7-14H2,1H3,(H,24,25). The van der Waals surface area contributed by atoms with Gasteiger partial charge in [0, 0.05) is 0 Å². The highest BCUT2D eigenvalue weighted by atomic mass is 16.5. The first-order valence-electron chi connectivity index (χ1n) is 10.7. The maximum Gasteiger partial charge on any atom is 0.340 e. The van der Waals surface area contributed by atoms with Crippen molar-refractivity contribution in [2.45, 2.75) is 51.9 Å². The summed E-state index contributed by atoms with van der Waals surface area (Å²) < 4.78 is 10.3. The van der Waals surface area contributed by atoms with E-state index < -0.39 is 11.9 Å². The Morgan fingerprint density at radius 1 is 1.00 bits per heavy atom. The van der Waals surface area contributed by atoms with Gasteiger partial charge in [-0.3, -0.25) is 9.59 Å². The Labute approximate surface area is 171 Å². The van der Waals surface area contributed by atoms with Gasteiger partial charge in [0.1, 0.15) is 0 Å². The number of hydrogen-bond donors (Lipinski definition) is 1. The van der Waals surface area contributed by atoms with Gasteiger partial charge >= 0.3 is 11.9 Å². The highest BCUT2D eigenvalue weighted by molar-refractivity contribution is 6.01. The molecule has 4 saturated carbocycles. The van der Waals surface area contributed by atoms with Crippen molar-refractivity contribution < 1.29 is 23.9 Å². The van der Waals surface area contributed by atoms with Crippen LogP contribution < -0.4 is 5.32 Å². The molecule has 1 aromatic rings. The van der Waals surface area contributed by atoms with E-state index >= 15 is 0 Å². The van der Waals surface area contributed by atoms with Crippen LogP contribution in [0.25, 0.3) is 0 Å². The molecule has 0 unspecified atom stereocenters. The smallest absolute Gasteiger partial charge is 0.340 e. The van der Waals surface area contributed by atoms with Crippen molar-refractivity contribution in [1.82, 2.24) is 0 Å². The summed E-state index contributed by atoms with van der Waals surface area (Å²) in [5.41, 5.74) is 0.731. The van der Waals surface area contributed by atoms with E-state index in [1.165, 1.54) is 19.3 Å². The minimum absolute atomic E-state index is 0.0961. The lowest BCUT2D eigenvalue weighted by atomic mass is 9.49. The number of nitrogens with one attached hydrogen (secondary N) is 1. The van der Waals surface area contributed by atoms with E-state index in [1.807, 2.05) is 0 Å². The van der Waals surface area contributed by atoms with Crippen LogP contribution in [0.3, 0.4) is 0 Å². The molecule has 1 N–H and O–H groups in total. The summed E-state index contributed by atoms with van der Waals surface area (Å²) >= 11 is 0. The van der Waals surface area contributed by atoms with Gasteiger partial charge in [-0.05, 0) is 80.8 Å². The topological polar surface area (TPSA) is 81.7 Å². The molecule has 0 spiro atoms. The van der Waals surface area contributed by atoms with Gasteiger partial charge in [-0.25, -0.2) is 4.79 Å². The second-order valence-corrected chi connectivity index (χ2v) is 9.07. The van der Waals surface area contributed by atoms with E-state index in [4.69, 9.17) is 9.47 Å². The predicted octanol–water partition coefficient (Wildman–Crippen LogP) is 3.95. The number of hydrogen-bond acceptors (Lipinski definition) is 5. The third-order valence-corrected chi connectivity index (χ3v) is 6.75. The monoisotopic (exact) mass is 399 g/mol. The molecule has 29 heavy (non-hydrogen) atoms. The SMILES string of the molecule is CCOC(=O)c1ccccc1NC(=O)COC(=O)CC12CC3CC(CC(C3)C1)C2. The summed E-state index contributed by atoms with van der Waals surface area (Å²) in [6.45, 7) is 1.63. The van der Waals surface area contributed by atoms with Gasteiger partial charge in [-0.15, -0.1) is 0 Å². The van der Waals surface area contributed by atoms with Crippen molar-refractivity contribution in [3.63, 3.8) is 0 Å². The van der Waals surface area contributed by atoms with E-state index in [0.29, 0.717) is 12.1 Å². The zero-order valence-corrected chi connectivity index (χ0v) is 16.9. The number of esters is 2. The Morgan fingerprint density at radius 3 is 2.24 bits per heavy atom. The average molecular weight is 399 g/mol. The predicted molar refractivity (Wildman–Crippen MR) is 107 cm³/mol. The van der Waals surface area contributed by atoms with Crippen molar-refractivity contribution in [2.24, 2.45) is 23.2 Å². The van der Waals surface area contributed by atoms with Crippen LogP contribution in [-0.2, 0) is 19.1 Å². The Kier molecular flexibility index (Phi) is 5.61. The number of carbonyl (C=O) groups is 3. The number of benzene rings is 1. The molecule has 4 aliphatic rings. The van der Waals surface area contributed by atoms with E-state index in [2.05, 4.69) is 5.32 Å². The second kappa shape index (κ2) is 8.17. The average Bonchev–Trinajstić information content (AvgIpc) is 2.65. The molecule has 4 fully saturated rings. The van der Waals surface area contributed by atoms with Gasteiger partial charge < -0.3 is 14.8 Å². The fraction of sp³-hybridized carbons (Fsp3) is 0.609. The summed E-state index contributed by atoms with van der Waals surface area (Å²) in [7, 11) is 0. The maximum absolute atomic E-state index is 12.5. The summed E-state index contributed by atoms with van der Waals surface area (Å²) in [5, 5.41) is 2.65. The lowest BCUT2D eigenvalue weighted by Gasteiger charge is -2.56. The highest BCUT2D eigenvalue weighted by Gasteiger charge is 2.51. The van der Waals surface area contributed by atoms with E-state index in [0.717, 1.165) is 37.0 Å². The van der Waals surface area contributed by atoms with Crippen LogP contribution in [0.1, 0.15) is 62.2 Å². The van der Waals surface area contributed by atoms with Gasteiger partial charge in [0.05, 0.1) is 24.3 Å².